The molecule has 1 unspecified atom stereocenters. The minimum Gasteiger partial charge on any atom is -0.396 e. The van der Waals surface area contributed by atoms with Crippen molar-refractivity contribution in [3.63, 3.8) is 0 Å². The second-order valence-electron chi connectivity index (χ2n) is 12.3. The minimum absolute atomic E-state index is 0.0525. The minimum atomic E-state index is -1.63. The average molecular weight is 601 g/mol. The van der Waals surface area contributed by atoms with Crippen LogP contribution in [-0.2, 0) is 28.3 Å². The normalized spacial score (nSPS) is 15.2. The average Bonchev–Trinajstić information content (AvgIpc) is 3.25. The fourth-order valence-electron chi connectivity index (χ4n) is 6.08. The first kappa shape index (κ1) is 30.7. The van der Waals surface area contributed by atoms with Crippen LogP contribution in [0.2, 0.25) is 0 Å². The number of aliphatic hydroxyl groups excluding tert-OH is 1. The summed E-state index contributed by atoms with van der Waals surface area (Å²) in [4.78, 5) is 4.80. The Balaban J connectivity index is 1.55. The summed E-state index contributed by atoms with van der Waals surface area (Å²) in [5.41, 5.74) is 8.10. The molecule has 5 heteroatoms. The molecule has 222 valence electrons. The third kappa shape index (κ3) is 5.53. The lowest BCUT2D eigenvalue weighted by Gasteiger charge is -2.35. The molecule has 4 aromatic rings. The first-order valence-electron chi connectivity index (χ1n) is 15.0. The summed E-state index contributed by atoms with van der Waals surface area (Å²) in [5.74, 6) is 0.841. The van der Waals surface area contributed by atoms with Crippen molar-refractivity contribution in [3.8, 4) is 11.1 Å². The fraction of sp³-hybridized carbons (Fsp3) is 0.351. The molecule has 0 spiro atoms. The van der Waals surface area contributed by atoms with E-state index in [0.29, 0.717) is 12.3 Å². The van der Waals surface area contributed by atoms with Gasteiger partial charge >= 0.3 is 0 Å². The van der Waals surface area contributed by atoms with Gasteiger partial charge in [-0.2, -0.15) is 10.0 Å². The van der Waals surface area contributed by atoms with Crippen LogP contribution < -0.4 is 0 Å². The second-order valence-corrected chi connectivity index (χ2v) is 16.6. The molecule has 1 N–H and O–H groups in total. The standard InChI is InChI=1S/C37H44O3S2/c1-24(2)28-21-33(25(3)4)37(34(22-28)26(5)6)41(39)40-23-29-20-30(17-16-27(29)18-19-38)42(7)35-14-10-8-12-31(35)32-13-9-11-15-36(32)42/h8-17,20-22,24-26,38H,18-19,23H2,1-7H3. The molecule has 0 radical (unpaired) electrons. The monoisotopic (exact) mass is 600 g/mol. The Bertz CT molecular complexity index is 1540. The molecule has 5 rings (SSSR count). The Morgan fingerprint density at radius 1 is 0.738 bits per heavy atom. The molecule has 1 heterocycles. The lowest BCUT2D eigenvalue weighted by molar-refractivity contribution is 0.296. The zero-order valence-corrected chi connectivity index (χ0v) is 27.6. The van der Waals surface area contributed by atoms with Gasteiger partial charge in [-0.05, 0) is 98.5 Å². The highest BCUT2D eigenvalue weighted by molar-refractivity contribution is 8.33. The maximum Gasteiger partial charge on any atom is 0.190 e. The van der Waals surface area contributed by atoms with Crippen LogP contribution in [0, 0.1) is 0 Å². The molecule has 0 aliphatic carbocycles. The second kappa shape index (κ2) is 12.5. The SMILES string of the molecule is CC(C)c1cc(C(C)C)c(S(=O)OCc2cc(S3(C)c4ccccc4-c4ccccc43)ccc2CCO)c(C(C)C)c1. The predicted molar refractivity (Wildman–Crippen MR) is 177 cm³/mol. The van der Waals surface area contributed by atoms with Crippen molar-refractivity contribution in [2.75, 3.05) is 12.9 Å². The molecule has 0 saturated carbocycles. The zero-order valence-electron chi connectivity index (χ0n) is 25.9. The van der Waals surface area contributed by atoms with Gasteiger partial charge in [0.1, 0.15) is 0 Å². The largest absolute Gasteiger partial charge is 0.396 e. The smallest absolute Gasteiger partial charge is 0.190 e. The Labute approximate surface area is 256 Å². The molecule has 42 heavy (non-hydrogen) atoms. The van der Waals surface area contributed by atoms with Gasteiger partial charge in [0.05, 0.1) is 11.5 Å². The molecular formula is C37H44O3S2. The first-order chi connectivity index (χ1) is 20.1. The van der Waals surface area contributed by atoms with E-state index in [9.17, 15) is 9.32 Å². The summed E-state index contributed by atoms with van der Waals surface area (Å²) in [6.07, 6.45) is 2.91. The maximum atomic E-state index is 14.0. The number of fused-ring (bicyclic) bond motifs is 3. The van der Waals surface area contributed by atoms with Gasteiger partial charge in [-0.1, -0.05) is 96.1 Å². The number of benzene rings is 4. The van der Waals surface area contributed by atoms with Crippen molar-refractivity contribution in [1.29, 1.82) is 0 Å². The summed E-state index contributed by atoms with van der Waals surface area (Å²) in [6.45, 7) is 13.3. The third-order valence-corrected chi connectivity index (χ3v) is 13.3. The van der Waals surface area contributed by atoms with Crippen LogP contribution in [-0.4, -0.2) is 22.2 Å². The molecule has 3 nitrogen and oxygen atoms in total. The molecule has 0 bridgehead atoms. The quantitative estimate of drug-likeness (QED) is 0.197. The van der Waals surface area contributed by atoms with E-state index < -0.39 is 21.1 Å². The van der Waals surface area contributed by atoms with Gasteiger partial charge in [-0.25, -0.2) is 4.21 Å². The van der Waals surface area contributed by atoms with E-state index in [1.165, 1.54) is 31.4 Å². The third-order valence-electron chi connectivity index (χ3n) is 8.54. The lowest BCUT2D eigenvalue weighted by Crippen LogP contribution is -2.11. The van der Waals surface area contributed by atoms with E-state index in [2.05, 4.69) is 127 Å². The van der Waals surface area contributed by atoms with E-state index in [-0.39, 0.29) is 25.0 Å². The van der Waals surface area contributed by atoms with Crippen molar-refractivity contribution >= 4 is 21.1 Å². The summed E-state index contributed by atoms with van der Waals surface area (Å²) in [6, 6.07) is 28.5. The topological polar surface area (TPSA) is 46.5 Å². The van der Waals surface area contributed by atoms with E-state index in [1.807, 2.05) is 0 Å². The lowest BCUT2D eigenvalue weighted by atomic mass is 9.89. The number of rotatable bonds is 10. The molecular weight excluding hydrogens is 557 g/mol. The first-order valence-corrected chi connectivity index (χ1v) is 18.1. The van der Waals surface area contributed by atoms with Gasteiger partial charge in [0.15, 0.2) is 11.1 Å². The van der Waals surface area contributed by atoms with Crippen molar-refractivity contribution in [2.45, 2.75) is 91.9 Å². The van der Waals surface area contributed by atoms with Crippen LogP contribution in [0.25, 0.3) is 11.1 Å². The van der Waals surface area contributed by atoms with Gasteiger partial charge in [-0.3, -0.25) is 4.18 Å². The van der Waals surface area contributed by atoms with Gasteiger partial charge < -0.3 is 5.11 Å². The van der Waals surface area contributed by atoms with Crippen LogP contribution in [0.1, 0.15) is 87.1 Å². The summed E-state index contributed by atoms with van der Waals surface area (Å²) in [7, 11) is -1.49. The van der Waals surface area contributed by atoms with Crippen LogP contribution in [0.15, 0.2) is 98.4 Å². The van der Waals surface area contributed by atoms with Gasteiger partial charge in [-0.15, -0.1) is 0 Å². The highest BCUT2D eigenvalue weighted by Crippen LogP contribution is 2.73. The Kier molecular flexibility index (Phi) is 9.15. The van der Waals surface area contributed by atoms with Gasteiger partial charge in [0, 0.05) is 16.4 Å². The van der Waals surface area contributed by atoms with Gasteiger partial charge in [0.25, 0.3) is 0 Å². The molecule has 1 aliphatic heterocycles. The zero-order chi connectivity index (χ0) is 30.2. The molecule has 0 aromatic heterocycles. The molecule has 0 saturated heterocycles. The number of aliphatic hydroxyl groups is 1. The molecule has 1 aliphatic rings. The van der Waals surface area contributed by atoms with Crippen LogP contribution in [0.4, 0.5) is 0 Å². The molecule has 1 atom stereocenters. The van der Waals surface area contributed by atoms with Crippen LogP contribution in [0.3, 0.4) is 0 Å². The number of hydrogen-bond acceptors (Lipinski definition) is 3. The summed E-state index contributed by atoms with van der Waals surface area (Å²) < 4.78 is 20.3. The van der Waals surface area contributed by atoms with E-state index in [1.54, 1.807) is 0 Å². The van der Waals surface area contributed by atoms with Crippen molar-refractivity contribution in [2.24, 2.45) is 0 Å². The Hall–Kier alpha value is -2.70. The fourth-order valence-corrected chi connectivity index (χ4v) is 10.8. The molecule has 0 amide bonds. The number of hydrogen-bond donors (Lipinski definition) is 1. The van der Waals surface area contributed by atoms with E-state index >= 15 is 0 Å². The van der Waals surface area contributed by atoms with E-state index in [4.69, 9.17) is 4.18 Å². The summed E-state index contributed by atoms with van der Waals surface area (Å²) in [5, 5.41) is 9.86. The highest BCUT2D eigenvalue weighted by Gasteiger charge is 2.36. The Morgan fingerprint density at radius 2 is 1.29 bits per heavy atom. The van der Waals surface area contributed by atoms with E-state index in [0.717, 1.165) is 27.1 Å². The molecule has 4 aromatic carbocycles. The highest BCUT2D eigenvalue weighted by atomic mass is 32.3. The molecule has 0 fully saturated rings. The van der Waals surface area contributed by atoms with Crippen molar-refractivity contribution in [1.82, 2.24) is 0 Å². The van der Waals surface area contributed by atoms with Crippen LogP contribution >= 0.6 is 10.0 Å². The van der Waals surface area contributed by atoms with Crippen LogP contribution in [0.5, 0.6) is 0 Å². The predicted octanol–water partition coefficient (Wildman–Crippen LogP) is 9.72. The maximum absolute atomic E-state index is 14.0. The van der Waals surface area contributed by atoms with Gasteiger partial charge in [0.2, 0.25) is 0 Å². The summed E-state index contributed by atoms with van der Waals surface area (Å²) >= 11 is -1.63. The van der Waals surface area contributed by atoms with Crippen molar-refractivity contribution in [3.05, 3.63) is 107 Å². The van der Waals surface area contributed by atoms with Crippen molar-refractivity contribution < 1.29 is 13.5 Å². The Morgan fingerprint density at radius 3 is 1.79 bits per heavy atom.